The molecule has 0 aromatic heterocycles. The highest BCUT2D eigenvalue weighted by atomic mass is 16.5. The van der Waals surface area contributed by atoms with Crippen molar-refractivity contribution in [2.45, 2.75) is 38.0 Å². The van der Waals surface area contributed by atoms with Gasteiger partial charge in [0.15, 0.2) is 0 Å². The number of nitrogens with two attached hydrogens (primary N) is 1. The van der Waals surface area contributed by atoms with Gasteiger partial charge in [-0.25, -0.2) is 0 Å². The van der Waals surface area contributed by atoms with Gasteiger partial charge >= 0.3 is 0 Å². The van der Waals surface area contributed by atoms with Gasteiger partial charge in [-0.05, 0) is 30.5 Å². The summed E-state index contributed by atoms with van der Waals surface area (Å²) >= 11 is 0. The maximum atomic E-state index is 11.9. The molecule has 0 heterocycles. The van der Waals surface area contributed by atoms with E-state index in [9.17, 15) is 9.59 Å². The van der Waals surface area contributed by atoms with Crippen LogP contribution in [0.25, 0.3) is 0 Å². The first-order valence-corrected chi connectivity index (χ1v) is 7.02. The number of benzene rings is 1. The lowest BCUT2D eigenvalue weighted by molar-refractivity contribution is -0.130. The summed E-state index contributed by atoms with van der Waals surface area (Å²) in [6.45, 7) is 0. The molecule has 0 saturated heterocycles. The van der Waals surface area contributed by atoms with E-state index in [1.807, 2.05) is 12.1 Å². The Morgan fingerprint density at radius 1 is 1.25 bits per heavy atom. The van der Waals surface area contributed by atoms with Crippen LogP contribution in [-0.4, -0.2) is 19.3 Å². The number of methoxy groups -OCH3 is 1. The highest BCUT2D eigenvalue weighted by Crippen LogP contribution is 2.45. The topological polar surface area (TPSA) is 69.4 Å². The van der Waals surface area contributed by atoms with E-state index in [2.05, 4.69) is 0 Å². The van der Waals surface area contributed by atoms with Gasteiger partial charge in [-0.2, -0.15) is 0 Å². The molecule has 108 valence electrons. The van der Waals surface area contributed by atoms with Crippen molar-refractivity contribution in [3.8, 4) is 5.75 Å². The Bertz CT molecular complexity index is 475. The van der Waals surface area contributed by atoms with E-state index in [1.165, 1.54) is 0 Å². The molecular formula is C16H21NO3. The largest absolute Gasteiger partial charge is 0.497 e. The van der Waals surface area contributed by atoms with Crippen LogP contribution in [0.2, 0.25) is 0 Å². The third-order valence-corrected chi connectivity index (χ3v) is 4.33. The Hall–Kier alpha value is -1.84. The molecule has 0 bridgehead atoms. The number of carbonyl (C=O) groups excluding carboxylic acids is 2. The normalized spacial score (nSPS) is 19.1. The molecule has 4 heteroatoms. The molecule has 0 aliphatic heterocycles. The summed E-state index contributed by atoms with van der Waals surface area (Å²) in [7, 11) is 1.59. The number of amides is 1. The Balaban J connectivity index is 2.38. The number of rotatable bonds is 5. The van der Waals surface area contributed by atoms with Crippen LogP contribution in [0.3, 0.4) is 0 Å². The average molecular weight is 275 g/mol. The predicted octanol–water partition coefficient (Wildman–Crippen LogP) is 2.41. The molecule has 1 aromatic rings. The van der Waals surface area contributed by atoms with Crippen LogP contribution >= 0.6 is 0 Å². The number of hydrogen-bond acceptors (Lipinski definition) is 3. The summed E-state index contributed by atoms with van der Waals surface area (Å²) in [4.78, 5) is 23.6. The van der Waals surface area contributed by atoms with Gasteiger partial charge < -0.3 is 15.3 Å². The quantitative estimate of drug-likeness (QED) is 0.839. The molecule has 1 unspecified atom stereocenters. The van der Waals surface area contributed by atoms with Crippen molar-refractivity contribution in [1.29, 1.82) is 0 Å². The minimum absolute atomic E-state index is 0.427. The molecule has 1 saturated carbocycles. The standard InChI is InChI=1S/C16H21NO3/c1-20-13-7-5-12(6-8-13)14(15(17)19)16(11-18)9-3-2-4-10-16/h5-8,11,14H,2-4,9-10H2,1H3,(H2,17,19). The molecule has 1 aromatic carbocycles. The van der Waals surface area contributed by atoms with Gasteiger partial charge in [0.2, 0.25) is 5.91 Å². The first-order valence-electron chi connectivity index (χ1n) is 7.02. The van der Waals surface area contributed by atoms with E-state index in [0.717, 1.165) is 49.7 Å². The van der Waals surface area contributed by atoms with Crippen LogP contribution in [-0.2, 0) is 9.59 Å². The van der Waals surface area contributed by atoms with Gasteiger partial charge in [0.1, 0.15) is 12.0 Å². The van der Waals surface area contributed by atoms with Crippen LogP contribution in [0.1, 0.15) is 43.6 Å². The molecule has 4 nitrogen and oxygen atoms in total. The van der Waals surface area contributed by atoms with Gasteiger partial charge in [0.05, 0.1) is 13.0 Å². The second-order valence-corrected chi connectivity index (χ2v) is 5.52. The molecular weight excluding hydrogens is 254 g/mol. The summed E-state index contributed by atoms with van der Waals surface area (Å²) in [6.07, 6.45) is 5.47. The second kappa shape index (κ2) is 6.07. The van der Waals surface area contributed by atoms with Gasteiger partial charge in [-0.3, -0.25) is 4.79 Å². The lowest BCUT2D eigenvalue weighted by Crippen LogP contribution is -2.40. The van der Waals surface area contributed by atoms with Gasteiger partial charge in [0, 0.05) is 5.41 Å². The van der Waals surface area contributed by atoms with Crippen molar-refractivity contribution in [3.05, 3.63) is 29.8 Å². The predicted molar refractivity (Wildman–Crippen MR) is 76.5 cm³/mol. The van der Waals surface area contributed by atoms with Gasteiger partial charge in [-0.1, -0.05) is 31.4 Å². The molecule has 0 radical (unpaired) electrons. The first-order chi connectivity index (χ1) is 9.63. The maximum absolute atomic E-state index is 11.9. The summed E-state index contributed by atoms with van der Waals surface area (Å²) in [5.74, 6) is -0.254. The maximum Gasteiger partial charge on any atom is 0.225 e. The number of primary amides is 1. The molecule has 0 spiro atoms. The van der Waals surface area contributed by atoms with Crippen molar-refractivity contribution in [2.24, 2.45) is 11.1 Å². The highest BCUT2D eigenvalue weighted by molar-refractivity contribution is 5.87. The monoisotopic (exact) mass is 275 g/mol. The molecule has 1 aliphatic rings. The van der Waals surface area contributed by atoms with Crippen LogP contribution in [0.5, 0.6) is 5.75 Å². The fraction of sp³-hybridized carbons (Fsp3) is 0.500. The Morgan fingerprint density at radius 2 is 1.85 bits per heavy atom. The summed E-state index contributed by atoms with van der Waals surface area (Å²) < 4.78 is 5.12. The number of ether oxygens (including phenoxy) is 1. The summed E-state index contributed by atoms with van der Waals surface area (Å²) in [5, 5.41) is 0. The summed E-state index contributed by atoms with van der Waals surface area (Å²) in [5.41, 5.74) is 5.76. The van der Waals surface area contributed by atoms with Crippen molar-refractivity contribution in [2.75, 3.05) is 7.11 Å². The second-order valence-electron chi connectivity index (χ2n) is 5.52. The zero-order valence-corrected chi connectivity index (χ0v) is 11.8. The number of aldehydes is 1. The van der Waals surface area contributed by atoms with Gasteiger partial charge in [0.25, 0.3) is 0 Å². The zero-order chi connectivity index (χ0) is 14.6. The highest BCUT2D eigenvalue weighted by Gasteiger charge is 2.43. The Kier molecular flexibility index (Phi) is 4.42. The molecule has 1 amide bonds. The van der Waals surface area contributed by atoms with Crippen LogP contribution in [0.15, 0.2) is 24.3 Å². The third-order valence-electron chi connectivity index (χ3n) is 4.33. The van der Waals surface area contributed by atoms with Crippen molar-refractivity contribution < 1.29 is 14.3 Å². The molecule has 1 aliphatic carbocycles. The Labute approximate surface area is 119 Å². The van der Waals surface area contributed by atoms with E-state index >= 15 is 0 Å². The molecule has 1 atom stereocenters. The van der Waals surface area contributed by atoms with E-state index in [0.29, 0.717) is 0 Å². The number of carbonyl (C=O) groups is 2. The van der Waals surface area contributed by atoms with Crippen molar-refractivity contribution in [3.63, 3.8) is 0 Å². The summed E-state index contributed by atoms with van der Waals surface area (Å²) in [6, 6.07) is 7.25. The minimum Gasteiger partial charge on any atom is -0.497 e. The smallest absolute Gasteiger partial charge is 0.225 e. The molecule has 2 rings (SSSR count). The van der Waals surface area contributed by atoms with E-state index in [1.54, 1.807) is 19.2 Å². The lowest BCUT2D eigenvalue weighted by atomic mass is 9.64. The molecule has 20 heavy (non-hydrogen) atoms. The minimum atomic E-state index is -0.640. The number of hydrogen-bond donors (Lipinski definition) is 1. The zero-order valence-electron chi connectivity index (χ0n) is 11.8. The Morgan fingerprint density at radius 3 is 2.30 bits per heavy atom. The van der Waals surface area contributed by atoms with E-state index < -0.39 is 17.2 Å². The fourth-order valence-electron chi connectivity index (χ4n) is 3.26. The average Bonchev–Trinajstić information content (AvgIpc) is 2.48. The molecule has 2 N–H and O–H groups in total. The molecule has 1 fully saturated rings. The van der Waals surface area contributed by atoms with E-state index in [4.69, 9.17) is 10.5 Å². The van der Waals surface area contributed by atoms with E-state index in [-0.39, 0.29) is 0 Å². The van der Waals surface area contributed by atoms with Gasteiger partial charge in [-0.15, -0.1) is 0 Å². The van der Waals surface area contributed by atoms with Crippen LogP contribution in [0, 0.1) is 5.41 Å². The SMILES string of the molecule is COc1ccc(C(C(N)=O)C2(C=O)CCCCC2)cc1. The van der Waals surface area contributed by atoms with Crippen LogP contribution in [0.4, 0.5) is 0 Å². The lowest BCUT2D eigenvalue weighted by Gasteiger charge is -2.37. The van der Waals surface area contributed by atoms with Crippen molar-refractivity contribution >= 4 is 12.2 Å². The van der Waals surface area contributed by atoms with Crippen molar-refractivity contribution in [1.82, 2.24) is 0 Å². The van der Waals surface area contributed by atoms with Crippen LogP contribution < -0.4 is 10.5 Å². The third kappa shape index (κ3) is 2.69. The first kappa shape index (κ1) is 14.6. The fourth-order valence-corrected chi connectivity index (χ4v) is 3.26.